The maximum atomic E-state index is 12.3. The Kier molecular flexibility index (Phi) is 4.32. The van der Waals surface area contributed by atoms with Crippen molar-refractivity contribution in [2.75, 3.05) is 6.61 Å². The van der Waals surface area contributed by atoms with Gasteiger partial charge in [-0.25, -0.2) is 0 Å². The van der Waals surface area contributed by atoms with Crippen molar-refractivity contribution in [3.05, 3.63) is 11.6 Å². The molecule has 3 rings (SSSR count). The number of hydrogen-bond acceptors (Lipinski definition) is 3. The van der Waals surface area contributed by atoms with Crippen molar-refractivity contribution >= 4 is 14.3 Å². The summed E-state index contributed by atoms with van der Waals surface area (Å²) in [4.78, 5) is 12.3. The summed E-state index contributed by atoms with van der Waals surface area (Å²) in [6.45, 7) is 16.8. The predicted octanol–water partition coefficient (Wildman–Crippen LogP) is 4.93. The number of rotatable bonds is 3. The highest BCUT2D eigenvalue weighted by molar-refractivity contribution is 6.74. The minimum Gasteiger partial charge on any atom is -0.461 e. The first-order chi connectivity index (χ1) is 11.0. The lowest BCUT2D eigenvalue weighted by Gasteiger charge is -2.47. The first kappa shape index (κ1) is 18.2. The van der Waals surface area contributed by atoms with Crippen LogP contribution in [-0.4, -0.2) is 27.0 Å². The van der Waals surface area contributed by atoms with Gasteiger partial charge in [0.25, 0.3) is 0 Å². The topological polar surface area (TPSA) is 35.5 Å². The van der Waals surface area contributed by atoms with Crippen molar-refractivity contribution in [1.29, 1.82) is 0 Å². The first-order valence-electron chi connectivity index (χ1n) is 9.51. The normalized spacial score (nSPS) is 39.3. The molecule has 2 fully saturated rings. The second kappa shape index (κ2) is 5.70. The molecule has 0 spiro atoms. The molecule has 0 radical (unpaired) electrons. The van der Waals surface area contributed by atoms with Gasteiger partial charge in [0.05, 0.1) is 5.92 Å². The van der Waals surface area contributed by atoms with Crippen LogP contribution in [-0.2, 0) is 14.0 Å². The quantitative estimate of drug-likeness (QED) is 0.411. The van der Waals surface area contributed by atoms with E-state index in [1.807, 2.05) is 0 Å². The van der Waals surface area contributed by atoms with Crippen LogP contribution in [0.15, 0.2) is 11.6 Å². The molecule has 2 aliphatic carbocycles. The Morgan fingerprint density at radius 3 is 2.62 bits per heavy atom. The average Bonchev–Trinajstić information content (AvgIpc) is 2.80. The fourth-order valence-corrected chi connectivity index (χ4v) is 5.57. The van der Waals surface area contributed by atoms with Gasteiger partial charge in [0, 0.05) is 17.9 Å². The van der Waals surface area contributed by atoms with Crippen LogP contribution in [0.1, 0.15) is 53.9 Å². The van der Waals surface area contributed by atoms with Gasteiger partial charge in [-0.3, -0.25) is 4.79 Å². The molecule has 0 aromatic carbocycles. The molecule has 1 saturated carbocycles. The molecule has 0 unspecified atom stereocenters. The summed E-state index contributed by atoms with van der Waals surface area (Å²) >= 11 is 0. The molecule has 0 amide bonds. The summed E-state index contributed by atoms with van der Waals surface area (Å²) in [6.07, 6.45) is 5.55. The van der Waals surface area contributed by atoms with E-state index in [-0.39, 0.29) is 28.4 Å². The zero-order valence-corrected chi connectivity index (χ0v) is 17.4. The Bertz CT molecular complexity index is 560. The summed E-state index contributed by atoms with van der Waals surface area (Å²) < 4.78 is 12.3. The van der Waals surface area contributed by atoms with Gasteiger partial charge in [0.1, 0.15) is 6.10 Å². The van der Waals surface area contributed by atoms with Gasteiger partial charge in [0.2, 0.25) is 0 Å². The van der Waals surface area contributed by atoms with E-state index in [2.05, 4.69) is 53.8 Å². The fourth-order valence-electron chi connectivity index (χ4n) is 4.46. The third-order valence-electron chi connectivity index (χ3n) is 7.24. The van der Waals surface area contributed by atoms with E-state index in [0.29, 0.717) is 11.8 Å². The number of allylic oxidation sites excluding steroid dienone is 1. The molecule has 1 saturated heterocycles. The molecule has 1 aliphatic heterocycles. The van der Waals surface area contributed by atoms with E-state index in [1.54, 1.807) is 0 Å². The fraction of sp³-hybridized carbons (Fsp3) is 0.850. The van der Waals surface area contributed by atoms with E-state index in [1.165, 1.54) is 5.57 Å². The predicted molar refractivity (Wildman–Crippen MR) is 99.2 cm³/mol. The monoisotopic (exact) mass is 350 g/mol. The van der Waals surface area contributed by atoms with Gasteiger partial charge in [-0.1, -0.05) is 46.3 Å². The summed E-state index contributed by atoms with van der Waals surface area (Å²) in [5.41, 5.74) is 1.51. The average molecular weight is 351 g/mol. The maximum absolute atomic E-state index is 12.3. The molecule has 0 aromatic rings. The second-order valence-corrected chi connectivity index (χ2v) is 14.9. The lowest BCUT2D eigenvalue weighted by molar-refractivity contribution is -0.145. The lowest BCUT2D eigenvalue weighted by Crippen LogP contribution is -2.47. The van der Waals surface area contributed by atoms with Gasteiger partial charge >= 0.3 is 5.97 Å². The SMILES string of the molecule is C[C@@H]1CC=C2[C@@H]3[C@H]1C(=O)O[C@@H]3CC[C@@]2(C)CO[Si](C)(C)C(C)(C)C. The van der Waals surface area contributed by atoms with Crippen molar-refractivity contribution in [3.8, 4) is 0 Å². The summed E-state index contributed by atoms with van der Waals surface area (Å²) in [5, 5.41) is 0.227. The molecule has 136 valence electrons. The maximum Gasteiger partial charge on any atom is 0.310 e. The first-order valence-corrected chi connectivity index (χ1v) is 12.4. The Labute approximate surface area is 148 Å². The van der Waals surface area contributed by atoms with E-state index >= 15 is 0 Å². The van der Waals surface area contributed by atoms with E-state index in [4.69, 9.17) is 9.16 Å². The van der Waals surface area contributed by atoms with Crippen molar-refractivity contribution in [2.24, 2.45) is 23.2 Å². The van der Waals surface area contributed by atoms with Gasteiger partial charge < -0.3 is 9.16 Å². The Morgan fingerprint density at radius 2 is 2.00 bits per heavy atom. The molecular weight excluding hydrogens is 316 g/mol. The van der Waals surface area contributed by atoms with Gasteiger partial charge in [0.15, 0.2) is 8.32 Å². The van der Waals surface area contributed by atoms with Gasteiger partial charge in [-0.15, -0.1) is 0 Å². The molecule has 5 atom stereocenters. The Morgan fingerprint density at radius 1 is 1.33 bits per heavy atom. The van der Waals surface area contributed by atoms with Crippen LogP contribution < -0.4 is 0 Å². The number of carbonyl (C=O) groups is 1. The van der Waals surface area contributed by atoms with Crippen LogP contribution in [0.3, 0.4) is 0 Å². The molecule has 0 N–H and O–H groups in total. The van der Waals surface area contributed by atoms with E-state index in [0.717, 1.165) is 25.9 Å². The molecule has 3 nitrogen and oxygen atoms in total. The molecule has 4 heteroatoms. The largest absolute Gasteiger partial charge is 0.461 e. The van der Waals surface area contributed by atoms with Crippen molar-refractivity contribution < 1.29 is 14.0 Å². The molecular formula is C20H34O3Si. The third kappa shape index (κ3) is 2.80. The van der Waals surface area contributed by atoms with Gasteiger partial charge in [-0.05, 0) is 43.3 Å². The summed E-state index contributed by atoms with van der Waals surface area (Å²) in [5.74, 6) is 0.808. The summed E-state index contributed by atoms with van der Waals surface area (Å²) in [7, 11) is -1.76. The Hall–Kier alpha value is -0.613. The van der Waals surface area contributed by atoms with Crippen LogP contribution in [0, 0.1) is 23.2 Å². The van der Waals surface area contributed by atoms with Crippen LogP contribution >= 0.6 is 0 Å². The second-order valence-electron chi connectivity index (χ2n) is 10.0. The zero-order chi connectivity index (χ0) is 17.9. The molecule has 3 aliphatic rings. The molecule has 1 heterocycles. The number of carbonyl (C=O) groups excluding carboxylic acids is 1. The van der Waals surface area contributed by atoms with Crippen molar-refractivity contribution in [1.82, 2.24) is 0 Å². The highest BCUT2D eigenvalue weighted by Gasteiger charge is 2.56. The van der Waals surface area contributed by atoms with Gasteiger partial charge in [-0.2, -0.15) is 0 Å². The molecule has 0 aromatic heterocycles. The number of esters is 1. The number of hydrogen-bond donors (Lipinski definition) is 0. The van der Waals surface area contributed by atoms with Crippen LogP contribution in [0.25, 0.3) is 0 Å². The molecule has 24 heavy (non-hydrogen) atoms. The minimum absolute atomic E-state index is 0.0395. The smallest absolute Gasteiger partial charge is 0.310 e. The highest BCUT2D eigenvalue weighted by Crippen LogP contribution is 2.55. The van der Waals surface area contributed by atoms with E-state index < -0.39 is 8.32 Å². The summed E-state index contributed by atoms with van der Waals surface area (Å²) in [6, 6.07) is 0. The third-order valence-corrected chi connectivity index (χ3v) is 11.7. The highest BCUT2D eigenvalue weighted by atomic mass is 28.4. The number of ether oxygens (including phenoxy) is 1. The Balaban J connectivity index is 1.83. The van der Waals surface area contributed by atoms with Crippen LogP contribution in [0.4, 0.5) is 0 Å². The van der Waals surface area contributed by atoms with Crippen LogP contribution in [0.5, 0.6) is 0 Å². The van der Waals surface area contributed by atoms with Crippen molar-refractivity contribution in [2.45, 2.75) is 78.1 Å². The lowest BCUT2D eigenvalue weighted by atomic mass is 9.59. The van der Waals surface area contributed by atoms with Crippen LogP contribution in [0.2, 0.25) is 18.1 Å². The zero-order valence-electron chi connectivity index (χ0n) is 16.4. The molecule has 0 bridgehead atoms. The minimum atomic E-state index is -1.76. The van der Waals surface area contributed by atoms with Crippen molar-refractivity contribution in [3.63, 3.8) is 0 Å². The van der Waals surface area contributed by atoms with E-state index in [9.17, 15) is 4.79 Å². The standard InChI is InChI=1S/C20H34O3Si/c1-13-8-9-14-17-15(23-18(21)16(13)17)10-11-20(14,5)12-22-24(6,7)19(2,3)4/h9,13,15-17H,8,10-12H2,1-7H3/t13-,15-,16+,17+,20+/m1/s1.